The number of halogens is 2. The summed E-state index contributed by atoms with van der Waals surface area (Å²) in [4.78, 5) is 9.61. The summed E-state index contributed by atoms with van der Waals surface area (Å²) >= 11 is 2.91. The van der Waals surface area contributed by atoms with E-state index >= 15 is 0 Å². The Labute approximate surface area is 122 Å². The summed E-state index contributed by atoms with van der Waals surface area (Å²) in [6.07, 6.45) is 0. The van der Waals surface area contributed by atoms with Crippen molar-refractivity contribution >= 4 is 51.2 Å². The van der Waals surface area contributed by atoms with Gasteiger partial charge in [0.15, 0.2) is 9.84 Å². The second kappa shape index (κ2) is 5.73. The lowest BCUT2D eigenvalue weighted by Gasteiger charge is -2.05. The van der Waals surface area contributed by atoms with Crippen LogP contribution in [0.3, 0.4) is 0 Å². The van der Waals surface area contributed by atoms with Crippen molar-refractivity contribution in [2.75, 3.05) is 11.5 Å². The number of benzene rings is 1. The van der Waals surface area contributed by atoms with Gasteiger partial charge in [0.25, 0.3) is 5.69 Å². The first-order valence-electron chi connectivity index (χ1n) is 4.62. The smallest absolute Gasteiger partial charge is 0.258 e. The number of nitrogens with zero attached hydrogens (tertiary/aromatic N) is 1. The standard InChI is InChI=1S/C8H7BrClNO6S2/c9-7-5-6(11(12)13)1-2-8(7)18(14,15)3-4-19(10,16)17/h1-2,5H,3-4H2. The third-order valence-corrected chi connectivity index (χ3v) is 6.16. The minimum atomic E-state index is -3.93. The van der Waals surface area contributed by atoms with E-state index in [4.69, 9.17) is 10.7 Å². The molecule has 106 valence electrons. The quantitative estimate of drug-likeness (QED) is 0.428. The van der Waals surface area contributed by atoms with E-state index in [0.717, 1.165) is 18.2 Å². The Morgan fingerprint density at radius 1 is 1.21 bits per heavy atom. The number of non-ortho nitro benzene ring substituents is 1. The number of nitro benzene ring substituents is 1. The maximum Gasteiger partial charge on any atom is 0.270 e. The molecule has 0 unspecified atom stereocenters. The van der Waals surface area contributed by atoms with Crippen LogP contribution < -0.4 is 0 Å². The predicted octanol–water partition coefficient (Wildman–Crippen LogP) is 1.70. The first-order chi connectivity index (χ1) is 8.53. The van der Waals surface area contributed by atoms with E-state index in [9.17, 15) is 26.9 Å². The molecule has 0 aliphatic rings. The molecule has 0 fully saturated rings. The lowest BCUT2D eigenvalue weighted by molar-refractivity contribution is -0.385. The van der Waals surface area contributed by atoms with E-state index in [1.54, 1.807) is 0 Å². The van der Waals surface area contributed by atoms with Crippen LogP contribution in [0.4, 0.5) is 5.69 Å². The lowest BCUT2D eigenvalue weighted by Crippen LogP contribution is -2.14. The molecule has 0 aromatic heterocycles. The van der Waals surface area contributed by atoms with Crippen molar-refractivity contribution in [3.63, 3.8) is 0 Å². The Balaban J connectivity index is 3.12. The average Bonchev–Trinajstić information content (AvgIpc) is 2.25. The number of sulfone groups is 1. The molecule has 1 aromatic carbocycles. The van der Waals surface area contributed by atoms with E-state index in [1.165, 1.54) is 0 Å². The van der Waals surface area contributed by atoms with E-state index < -0.39 is 35.3 Å². The normalized spacial score (nSPS) is 12.3. The summed E-state index contributed by atoms with van der Waals surface area (Å²) < 4.78 is 45.2. The molecule has 0 atom stereocenters. The van der Waals surface area contributed by atoms with Crippen LogP contribution in [0, 0.1) is 10.1 Å². The first kappa shape index (κ1) is 16.3. The first-order valence-corrected chi connectivity index (χ1v) is 9.54. The summed E-state index contributed by atoms with van der Waals surface area (Å²) in [6.45, 7) is 0. The molecule has 0 amide bonds. The molecular formula is C8H7BrClNO6S2. The highest BCUT2D eigenvalue weighted by Crippen LogP contribution is 2.27. The van der Waals surface area contributed by atoms with Crippen molar-refractivity contribution in [1.29, 1.82) is 0 Å². The Kier molecular flexibility index (Phi) is 4.93. The number of rotatable bonds is 5. The van der Waals surface area contributed by atoms with Crippen LogP contribution in [-0.2, 0) is 18.9 Å². The van der Waals surface area contributed by atoms with Crippen LogP contribution in [0.5, 0.6) is 0 Å². The molecule has 7 nitrogen and oxygen atoms in total. The fraction of sp³-hybridized carbons (Fsp3) is 0.250. The van der Waals surface area contributed by atoms with Gasteiger partial charge in [0.1, 0.15) is 0 Å². The van der Waals surface area contributed by atoms with Crippen molar-refractivity contribution in [2.24, 2.45) is 0 Å². The third kappa shape index (κ3) is 4.71. The maximum absolute atomic E-state index is 11.9. The molecule has 19 heavy (non-hydrogen) atoms. The minimum Gasteiger partial charge on any atom is -0.258 e. The molecule has 0 heterocycles. The van der Waals surface area contributed by atoms with Gasteiger partial charge >= 0.3 is 0 Å². The number of nitro groups is 1. The highest BCUT2D eigenvalue weighted by molar-refractivity contribution is 9.10. The number of hydrogen-bond acceptors (Lipinski definition) is 6. The van der Waals surface area contributed by atoms with Gasteiger partial charge in [0.2, 0.25) is 9.05 Å². The Morgan fingerprint density at radius 2 is 1.79 bits per heavy atom. The third-order valence-electron chi connectivity index (χ3n) is 2.06. The van der Waals surface area contributed by atoms with Crippen LogP contribution in [0.1, 0.15) is 0 Å². The molecule has 0 aliphatic carbocycles. The zero-order valence-electron chi connectivity index (χ0n) is 9.12. The van der Waals surface area contributed by atoms with Crippen LogP contribution >= 0.6 is 26.6 Å². The van der Waals surface area contributed by atoms with Crippen LogP contribution in [0.25, 0.3) is 0 Å². The van der Waals surface area contributed by atoms with Gasteiger partial charge < -0.3 is 0 Å². The van der Waals surface area contributed by atoms with Crippen LogP contribution in [0.15, 0.2) is 27.6 Å². The summed E-state index contributed by atoms with van der Waals surface area (Å²) in [6, 6.07) is 3.09. The monoisotopic (exact) mass is 391 g/mol. The van der Waals surface area contributed by atoms with Gasteiger partial charge in [-0.05, 0) is 22.0 Å². The van der Waals surface area contributed by atoms with E-state index in [-0.39, 0.29) is 15.1 Å². The molecule has 0 aliphatic heterocycles. The van der Waals surface area contributed by atoms with Gasteiger partial charge in [-0.25, -0.2) is 16.8 Å². The molecule has 0 saturated heterocycles. The molecule has 0 bridgehead atoms. The predicted molar refractivity (Wildman–Crippen MR) is 72.5 cm³/mol. The molecule has 11 heteroatoms. The van der Waals surface area contributed by atoms with Crippen LogP contribution in [-0.4, -0.2) is 33.3 Å². The number of hydrogen-bond donors (Lipinski definition) is 0. The Bertz CT molecular complexity index is 715. The van der Waals surface area contributed by atoms with Crippen molar-refractivity contribution in [3.05, 3.63) is 32.8 Å². The average molecular weight is 393 g/mol. The fourth-order valence-corrected chi connectivity index (χ4v) is 5.37. The highest BCUT2D eigenvalue weighted by atomic mass is 79.9. The largest absolute Gasteiger partial charge is 0.270 e. The van der Waals surface area contributed by atoms with Gasteiger partial charge in [-0.2, -0.15) is 0 Å². The summed E-state index contributed by atoms with van der Waals surface area (Å²) in [5.41, 5.74) is -0.282. The van der Waals surface area contributed by atoms with Crippen molar-refractivity contribution < 1.29 is 21.8 Å². The summed E-state index contributed by atoms with van der Waals surface area (Å²) in [7, 11) is -2.89. The summed E-state index contributed by atoms with van der Waals surface area (Å²) in [5, 5.41) is 10.5. The molecule has 0 saturated carbocycles. The van der Waals surface area contributed by atoms with Crippen molar-refractivity contribution in [2.45, 2.75) is 4.90 Å². The maximum atomic E-state index is 11.9. The molecule has 0 radical (unpaired) electrons. The van der Waals surface area contributed by atoms with Gasteiger partial charge in [-0.15, -0.1) is 0 Å². The molecular weight excluding hydrogens is 386 g/mol. The van der Waals surface area contributed by atoms with Gasteiger partial charge in [-0.1, -0.05) is 0 Å². The molecule has 0 spiro atoms. The molecule has 1 aromatic rings. The molecule has 1 rings (SSSR count). The summed E-state index contributed by atoms with van der Waals surface area (Å²) in [5.74, 6) is -1.43. The topological polar surface area (TPSA) is 111 Å². The van der Waals surface area contributed by atoms with E-state index in [0.29, 0.717) is 0 Å². The fourth-order valence-electron chi connectivity index (χ4n) is 1.17. The molecule has 0 N–H and O–H groups in total. The Hall–Kier alpha value is -0.710. The second-order valence-corrected chi connectivity index (χ2v) is 9.26. The highest BCUT2D eigenvalue weighted by Gasteiger charge is 2.22. The van der Waals surface area contributed by atoms with Crippen LogP contribution in [0.2, 0.25) is 0 Å². The van der Waals surface area contributed by atoms with E-state index in [1.807, 2.05) is 0 Å². The zero-order valence-corrected chi connectivity index (χ0v) is 13.1. The van der Waals surface area contributed by atoms with Crippen molar-refractivity contribution in [3.8, 4) is 0 Å². The zero-order chi connectivity index (χ0) is 14.8. The van der Waals surface area contributed by atoms with E-state index in [2.05, 4.69) is 15.9 Å². The Morgan fingerprint density at radius 3 is 2.21 bits per heavy atom. The van der Waals surface area contributed by atoms with Gasteiger partial charge in [0, 0.05) is 27.3 Å². The van der Waals surface area contributed by atoms with Gasteiger partial charge in [0.05, 0.1) is 21.3 Å². The SMILES string of the molecule is O=[N+]([O-])c1ccc(S(=O)(=O)CCS(=O)(=O)Cl)c(Br)c1. The lowest BCUT2D eigenvalue weighted by atomic mass is 10.3. The van der Waals surface area contributed by atoms with Crippen molar-refractivity contribution in [1.82, 2.24) is 0 Å². The minimum absolute atomic E-state index is 0.00586. The van der Waals surface area contributed by atoms with Gasteiger partial charge in [-0.3, -0.25) is 10.1 Å². The second-order valence-electron chi connectivity index (χ2n) is 3.43.